The molecule has 2 unspecified atom stereocenters. The molecule has 0 spiro atoms. The molecule has 0 aromatic carbocycles. The molecule has 142 valence electrons. The number of carbonyl (C=O) groups excluding carboxylic acids is 2. The van der Waals surface area contributed by atoms with E-state index in [2.05, 4.69) is 15.3 Å². The fourth-order valence-corrected chi connectivity index (χ4v) is 4.17. The number of nitrogens with zero attached hydrogens (tertiary/aromatic N) is 3. The molecule has 26 heavy (non-hydrogen) atoms. The van der Waals surface area contributed by atoms with Crippen LogP contribution in [-0.2, 0) is 9.53 Å². The van der Waals surface area contributed by atoms with Gasteiger partial charge >= 0.3 is 5.97 Å². The summed E-state index contributed by atoms with van der Waals surface area (Å²) < 4.78 is 4.98. The van der Waals surface area contributed by atoms with Gasteiger partial charge in [0.25, 0.3) is 5.91 Å². The number of hydrogen-bond donors (Lipinski definition) is 1. The summed E-state index contributed by atoms with van der Waals surface area (Å²) in [5.41, 5.74) is 1.86. The van der Waals surface area contributed by atoms with E-state index in [0.717, 1.165) is 13.1 Å². The molecule has 3 atom stereocenters. The van der Waals surface area contributed by atoms with Crippen molar-refractivity contribution in [1.29, 1.82) is 0 Å². The van der Waals surface area contributed by atoms with Crippen molar-refractivity contribution in [2.24, 2.45) is 11.8 Å². The van der Waals surface area contributed by atoms with Crippen molar-refractivity contribution in [3.63, 3.8) is 0 Å². The van der Waals surface area contributed by atoms with E-state index in [9.17, 15) is 9.59 Å². The van der Waals surface area contributed by atoms with Crippen LogP contribution >= 0.6 is 0 Å². The number of esters is 1. The number of rotatable bonds is 5. The van der Waals surface area contributed by atoms with E-state index >= 15 is 0 Å². The van der Waals surface area contributed by atoms with Gasteiger partial charge < -0.3 is 15.0 Å². The lowest BCUT2D eigenvalue weighted by Crippen LogP contribution is -2.32. The Labute approximate surface area is 154 Å². The zero-order valence-electron chi connectivity index (χ0n) is 16.0. The predicted octanol–water partition coefficient (Wildman–Crippen LogP) is 2.33. The van der Waals surface area contributed by atoms with Crippen molar-refractivity contribution in [3.8, 4) is 0 Å². The summed E-state index contributed by atoms with van der Waals surface area (Å²) in [6.45, 7) is 9.13. The Balaban J connectivity index is 1.73. The Hall–Kier alpha value is -2.18. The average Bonchev–Trinajstić information content (AvgIpc) is 3.15. The normalized spacial score (nSPS) is 22.8. The molecule has 2 heterocycles. The summed E-state index contributed by atoms with van der Waals surface area (Å²) in [7, 11) is 0. The third kappa shape index (κ3) is 3.66. The Morgan fingerprint density at radius 2 is 1.77 bits per heavy atom. The first-order chi connectivity index (χ1) is 12.4. The van der Waals surface area contributed by atoms with Gasteiger partial charge in [0.1, 0.15) is 6.04 Å². The Kier molecular flexibility index (Phi) is 5.44. The lowest BCUT2D eigenvalue weighted by atomic mass is 10.0. The Morgan fingerprint density at radius 3 is 2.31 bits per heavy atom. The van der Waals surface area contributed by atoms with Gasteiger partial charge in [0.05, 0.1) is 23.6 Å². The van der Waals surface area contributed by atoms with Crippen molar-refractivity contribution in [2.75, 3.05) is 25.0 Å². The molecule has 3 rings (SSSR count). The summed E-state index contributed by atoms with van der Waals surface area (Å²) in [6, 6.07) is -0.548. The van der Waals surface area contributed by atoms with Crippen LogP contribution in [0.25, 0.3) is 0 Å². The van der Waals surface area contributed by atoms with Crippen LogP contribution in [0.1, 0.15) is 54.9 Å². The lowest BCUT2D eigenvalue weighted by Gasteiger charge is -2.20. The summed E-state index contributed by atoms with van der Waals surface area (Å²) in [5.74, 6) is 1.34. The van der Waals surface area contributed by atoms with Gasteiger partial charge in [-0.1, -0.05) is 6.42 Å². The summed E-state index contributed by atoms with van der Waals surface area (Å²) in [4.78, 5) is 35.5. The van der Waals surface area contributed by atoms with Crippen molar-refractivity contribution in [3.05, 3.63) is 17.0 Å². The maximum absolute atomic E-state index is 13.0. The smallest absolute Gasteiger partial charge is 0.328 e. The Morgan fingerprint density at radius 1 is 1.19 bits per heavy atom. The number of carbonyl (C=O) groups is 2. The van der Waals surface area contributed by atoms with Crippen molar-refractivity contribution >= 4 is 17.8 Å². The molecule has 1 aliphatic carbocycles. The van der Waals surface area contributed by atoms with Gasteiger partial charge in [-0.05, 0) is 52.4 Å². The minimum atomic E-state index is -0.548. The van der Waals surface area contributed by atoms with Gasteiger partial charge in [0.2, 0.25) is 5.95 Å². The van der Waals surface area contributed by atoms with Crippen LogP contribution in [0, 0.1) is 25.7 Å². The first-order valence-corrected chi connectivity index (χ1v) is 9.48. The van der Waals surface area contributed by atoms with Crippen molar-refractivity contribution in [1.82, 2.24) is 14.9 Å². The fourth-order valence-electron chi connectivity index (χ4n) is 4.17. The molecular formula is C19H28N4O3. The molecule has 1 amide bonds. The monoisotopic (exact) mass is 360 g/mol. The van der Waals surface area contributed by atoms with Crippen LogP contribution in [-0.4, -0.2) is 52.5 Å². The lowest BCUT2D eigenvalue weighted by molar-refractivity contribution is -0.143. The highest BCUT2D eigenvalue weighted by Gasteiger charge is 2.39. The second kappa shape index (κ2) is 7.60. The third-order valence-corrected chi connectivity index (χ3v) is 5.48. The molecule has 1 aromatic rings. The number of aryl methyl sites for hydroxylation is 2. The highest BCUT2D eigenvalue weighted by Crippen LogP contribution is 2.38. The van der Waals surface area contributed by atoms with E-state index in [1.807, 2.05) is 18.7 Å². The number of anilines is 1. The van der Waals surface area contributed by atoms with E-state index < -0.39 is 6.04 Å². The zero-order chi connectivity index (χ0) is 18.8. The van der Waals surface area contributed by atoms with Crippen LogP contribution < -0.4 is 5.32 Å². The van der Waals surface area contributed by atoms with Crippen LogP contribution in [0.2, 0.25) is 0 Å². The molecular weight excluding hydrogens is 332 g/mol. The minimum Gasteiger partial charge on any atom is -0.464 e. The quantitative estimate of drug-likeness (QED) is 0.811. The molecule has 1 N–H and O–H groups in total. The van der Waals surface area contributed by atoms with E-state index in [-0.39, 0.29) is 11.9 Å². The summed E-state index contributed by atoms with van der Waals surface area (Å²) in [5, 5.41) is 2.95. The first kappa shape index (κ1) is 18.6. The number of aromatic nitrogens is 2. The molecule has 1 aliphatic heterocycles. The van der Waals surface area contributed by atoms with E-state index in [4.69, 9.17) is 4.74 Å². The molecule has 2 aliphatic rings. The number of likely N-dealkylation sites (tertiary alicyclic amines) is 1. The standard InChI is InChI=1S/C19H28N4O3/c1-5-26-18(25)13(4)22-19-20-11(2)16(12(3)21-19)17(24)23-9-14-7-6-8-15(14)10-23/h13-15H,5-10H2,1-4H3,(H,20,21,22)/t13-,14?,15?/m1/s1. The highest BCUT2D eigenvalue weighted by molar-refractivity contribution is 5.96. The molecule has 1 aromatic heterocycles. The zero-order valence-corrected chi connectivity index (χ0v) is 16.0. The second-order valence-electron chi connectivity index (χ2n) is 7.37. The SMILES string of the molecule is CCOC(=O)[C@@H](C)Nc1nc(C)c(C(=O)N2CC3CCCC3C2)c(C)n1. The van der Waals surface area contributed by atoms with Gasteiger partial charge in [-0.3, -0.25) is 4.79 Å². The molecule has 1 saturated heterocycles. The second-order valence-corrected chi connectivity index (χ2v) is 7.37. The average molecular weight is 360 g/mol. The van der Waals surface area contributed by atoms with Gasteiger partial charge in [0.15, 0.2) is 0 Å². The first-order valence-electron chi connectivity index (χ1n) is 9.48. The third-order valence-electron chi connectivity index (χ3n) is 5.48. The van der Waals surface area contributed by atoms with E-state index in [0.29, 0.717) is 41.3 Å². The summed E-state index contributed by atoms with van der Waals surface area (Å²) >= 11 is 0. The molecule has 0 radical (unpaired) electrons. The number of hydrogen-bond acceptors (Lipinski definition) is 6. The van der Waals surface area contributed by atoms with E-state index in [1.165, 1.54) is 19.3 Å². The van der Waals surface area contributed by atoms with Crippen molar-refractivity contribution < 1.29 is 14.3 Å². The molecule has 1 saturated carbocycles. The van der Waals surface area contributed by atoms with Crippen LogP contribution in [0.5, 0.6) is 0 Å². The maximum atomic E-state index is 13.0. The van der Waals surface area contributed by atoms with Crippen LogP contribution in [0.4, 0.5) is 5.95 Å². The van der Waals surface area contributed by atoms with Gasteiger partial charge in [0, 0.05) is 13.1 Å². The number of amides is 1. The Bertz CT molecular complexity index is 671. The highest BCUT2D eigenvalue weighted by atomic mass is 16.5. The maximum Gasteiger partial charge on any atom is 0.328 e. The fraction of sp³-hybridized carbons (Fsp3) is 0.684. The molecule has 7 nitrogen and oxygen atoms in total. The number of ether oxygens (including phenoxy) is 1. The molecule has 2 fully saturated rings. The summed E-state index contributed by atoms with van der Waals surface area (Å²) in [6.07, 6.45) is 3.76. The molecule has 7 heteroatoms. The van der Waals surface area contributed by atoms with Gasteiger partial charge in [-0.25, -0.2) is 14.8 Å². The predicted molar refractivity (Wildman–Crippen MR) is 98.0 cm³/mol. The van der Waals surface area contributed by atoms with Crippen molar-refractivity contribution in [2.45, 2.75) is 53.0 Å². The van der Waals surface area contributed by atoms with Crippen LogP contribution in [0.15, 0.2) is 0 Å². The van der Waals surface area contributed by atoms with Gasteiger partial charge in [-0.2, -0.15) is 0 Å². The topological polar surface area (TPSA) is 84.4 Å². The number of fused-ring (bicyclic) bond motifs is 1. The van der Waals surface area contributed by atoms with E-state index in [1.54, 1.807) is 13.8 Å². The molecule has 0 bridgehead atoms. The van der Waals surface area contributed by atoms with Gasteiger partial charge in [-0.15, -0.1) is 0 Å². The minimum absolute atomic E-state index is 0.0272. The largest absolute Gasteiger partial charge is 0.464 e. The number of nitrogens with one attached hydrogen (secondary N) is 1. The van der Waals surface area contributed by atoms with Crippen LogP contribution in [0.3, 0.4) is 0 Å².